The number of carbonyl (C=O) groups is 1. The number of likely N-dealkylation sites (N-methyl/N-ethyl adjacent to an activating group) is 1. The van der Waals surface area contributed by atoms with E-state index in [1.54, 1.807) is 18.4 Å². The summed E-state index contributed by atoms with van der Waals surface area (Å²) in [4.78, 5) is 28.9. The molecule has 1 aromatic carbocycles. The van der Waals surface area contributed by atoms with Gasteiger partial charge in [0.2, 0.25) is 5.91 Å². The maximum absolute atomic E-state index is 12.7. The van der Waals surface area contributed by atoms with Crippen molar-refractivity contribution in [2.75, 3.05) is 57.2 Å². The van der Waals surface area contributed by atoms with Crippen molar-refractivity contribution in [2.24, 2.45) is 0 Å². The number of hydrogen-bond donors (Lipinski definition) is 1. The molecule has 0 radical (unpaired) electrons. The standard InChI is InChI=1S/C23H29N5O3S/c1-15-16(2)32-23-21(15)22(25-19(26-23)13-28-9-11-31-12-10-28)27(3)14-20(29)24-17-5-7-18(30-4)8-6-17/h5-8H,9-14H2,1-4H3,(H,24,29). The molecule has 8 nitrogen and oxygen atoms in total. The summed E-state index contributed by atoms with van der Waals surface area (Å²) in [6.07, 6.45) is 0. The average Bonchev–Trinajstić information content (AvgIpc) is 3.07. The Bertz CT molecular complexity index is 1090. The van der Waals surface area contributed by atoms with Crippen LogP contribution in [0.15, 0.2) is 24.3 Å². The van der Waals surface area contributed by atoms with E-state index in [2.05, 4.69) is 24.1 Å². The number of morpholine rings is 1. The third kappa shape index (κ3) is 5.01. The summed E-state index contributed by atoms with van der Waals surface area (Å²) in [7, 11) is 3.52. The molecule has 0 atom stereocenters. The van der Waals surface area contributed by atoms with Crippen molar-refractivity contribution in [2.45, 2.75) is 20.4 Å². The number of anilines is 2. The monoisotopic (exact) mass is 455 g/mol. The maximum Gasteiger partial charge on any atom is 0.243 e. The van der Waals surface area contributed by atoms with Crippen LogP contribution in [0, 0.1) is 13.8 Å². The number of nitrogens with one attached hydrogen (secondary N) is 1. The molecule has 4 rings (SSSR count). The summed E-state index contributed by atoms with van der Waals surface area (Å²) >= 11 is 1.68. The van der Waals surface area contributed by atoms with Gasteiger partial charge in [0, 0.05) is 30.7 Å². The fourth-order valence-electron chi connectivity index (χ4n) is 3.74. The van der Waals surface area contributed by atoms with Crippen LogP contribution in [-0.4, -0.2) is 67.8 Å². The van der Waals surface area contributed by atoms with E-state index in [0.29, 0.717) is 6.54 Å². The molecule has 0 saturated carbocycles. The number of thiophene rings is 1. The number of methoxy groups -OCH3 is 1. The number of ether oxygens (including phenoxy) is 2. The van der Waals surface area contributed by atoms with Gasteiger partial charge in [-0.25, -0.2) is 9.97 Å². The van der Waals surface area contributed by atoms with Gasteiger partial charge >= 0.3 is 0 Å². The van der Waals surface area contributed by atoms with Gasteiger partial charge in [-0.1, -0.05) is 0 Å². The van der Waals surface area contributed by atoms with Gasteiger partial charge in [0.15, 0.2) is 0 Å². The number of rotatable bonds is 7. The first-order chi connectivity index (χ1) is 15.4. The lowest BCUT2D eigenvalue weighted by Crippen LogP contribution is -2.36. The van der Waals surface area contributed by atoms with Crippen molar-refractivity contribution in [1.29, 1.82) is 0 Å². The predicted molar refractivity (Wildman–Crippen MR) is 128 cm³/mol. The van der Waals surface area contributed by atoms with Crippen molar-refractivity contribution < 1.29 is 14.3 Å². The van der Waals surface area contributed by atoms with Crippen molar-refractivity contribution in [3.05, 3.63) is 40.5 Å². The first-order valence-corrected chi connectivity index (χ1v) is 11.5. The van der Waals surface area contributed by atoms with E-state index in [0.717, 1.165) is 59.6 Å². The zero-order chi connectivity index (χ0) is 22.7. The molecular weight excluding hydrogens is 426 g/mol. The molecule has 0 aliphatic carbocycles. The zero-order valence-corrected chi connectivity index (χ0v) is 19.8. The molecule has 2 aromatic heterocycles. The molecule has 1 saturated heterocycles. The molecule has 170 valence electrons. The molecule has 1 N–H and O–H groups in total. The Labute approximate surface area is 192 Å². The second-order valence-corrected chi connectivity index (χ2v) is 9.15. The van der Waals surface area contributed by atoms with Gasteiger partial charge < -0.3 is 19.7 Å². The molecule has 0 bridgehead atoms. The summed E-state index contributed by atoms with van der Waals surface area (Å²) in [6, 6.07) is 7.30. The highest BCUT2D eigenvalue weighted by Gasteiger charge is 2.20. The minimum atomic E-state index is -0.108. The summed E-state index contributed by atoms with van der Waals surface area (Å²) in [5.41, 5.74) is 1.90. The van der Waals surface area contributed by atoms with E-state index < -0.39 is 0 Å². The van der Waals surface area contributed by atoms with Gasteiger partial charge in [-0.05, 0) is 43.7 Å². The van der Waals surface area contributed by atoms with E-state index in [-0.39, 0.29) is 12.5 Å². The minimum absolute atomic E-state index is 0.108. The lowest BCUT2D eigenvalue weighted by molar-refractivity contribution is -0.114. The van der Waals surface area contributed by atoms with Crippen LogP contribution in [0.2, 0.25) is 0 Å². The Balaban J connectivity index is 1.55. The van der Waals surface area contributed by atoms with E-state index in [4.69, 9.17) is 19.4 Å². The molecule has 1 aliphatic rings. The topological polar surface area (TPSA) is 79.8 Å². The summed E-state index contributed by atoms with van der Waals surface area (Å²) in [6.45, 7) is 8.27. The van der Waals surface area contributed by atoms with E-state index in [9.17, 15) is 4.79 Å². The van der Waals surface area contributed by atoms with Crippen LogP contribution in [0.25, 0.3) is 10.2 Å². The van der Waals surface area contributed by atoms with Crippen LogP contribution >= 0.6 is 11.3 Å². The molecule has 0 unspecified atom stereocenters. The lowest BCUT2D eigenvalue weighted by Gasteiger charge is -2.26. The van der Waals surface area contributed by atoms with Crippen LogP contribution in [0.5, 0.6) is 5.75 Å². The van der Waals surface area contributed by atoms with Crippen molar-refractivity contribution in [3.63, 3.8) is 0 Å². The fourth-order valence-corrected chi connectivity index (χ4v) is 4.79. The smallest absolute Gasteiger partial charge is 0.243 e. The number of amides is 1. The molecule has 9 heteroatoms. The second-order valence-electron chi connectivity index (χ2n) is 7.95. The summed E-state index contributed by atoms with van der Waals surface area (Å²) in [5, 5.41) is 3.97. The Morgan fingerprint density at radius 1 is 1.22 bits per heavy atom. The van der Waals surface area contributed by atoms with Gasteiger partial charge in [0.05, 0.1) is 38.8 Å². The first-order valence-electron chi connectivity index (χ1n) is 10.7. The molecular formula is C23H29N5O3S. The van der Waals surface area contributed by atoms with Gasteiger partial charge in [-0.2, -0.15) is 0 Å². The number of carbonyl (C=O) groups excluding carboxylic acids is 1. The SMILES string of the molecule is COc1ccc(NC(=O)CN(C)c2nc(CN3CCOCC3)nc3sc(C)c(C)c23)cc1. The second kappa shape index (κ2) is 9.81. The lowest BCUT2D eigenvalue weighted by atomic mass is 10.2. The third-order valence-electron chi connectivity index (χ3n) is 5.64. The number of aryl methyl sites for hydroxylation is 2. The highest BCUT2D eigenvalue weighted by atomic mass is 32.1. The van der Waals surface area contributed by atoms with Crippen molar-refractivity contribution in [3.8, 4) is 5.75 Å². The number of fused-ring (bicyclic) bond motifs is 1. The molecule has 1 amide bonds. The Kier molecular flexibility index (Phi) is 6.88. The van der Waals surface area contributed by atoms with Crippen LogP contribution in [0.4, 0.5) is 11.5 Å². The van der Waals surface area contributed by atoms with Crippen LogP contribution in [-0.2, 0) is 16.1 Å². The third-order valence-corrected chi connectivity index (χ3v) is 6.74. The van der Waals surface area contributed by atoms with Crippen LogP contribution < -0.4 is 15.0 Å². The quantitative estimate of drug-likeness (QED) is 0.586. The van der Waals surface area contributed by atoms with Crippen molar-refractivity contribution in [1.82, 2.24) is 14.9 Å². The highest BCUT2D eigenvalue weighted by molar-refractivity contribution is 7.18. The molecule has 32 heavy (non-hydrogen) atoms. The van der Waals surface area contributed by atoms with Crippen LogP contribution in [0.1, 0.15) is 16.3 Å². The van der Waals surface area contributed by atoms with E-state index in [1.807, 2.05) is 36.2 Å². The van der Waals surface area contributed by atoms with Crippen molar-refractivity contribution >= 4 is 39.0 Å². The zero-order valence-electron chi connectivity index (χ0n) is 19.0. The normalized spacial score (nSPS) is 14.5. The molecule has 3 aromatic rings. The van der Waals surface area contributed by atoms with E-state index >= 15 is 0 Å². The number of aromatic nitrogens is 2. The number of nitrogens with zero attached hydrogens (tertiary/aromatic N) is 4. The number of benzene rings is 1. The van der Waals surface area contributed by atoms with Gasteiger partial charge in [-0.3, -0.25) is 9.69 Å². The molecule has 1 fully saturated rings. The molecule has 3 heterocycles. The molecule has 1 aliphatic heterocycles. The van der Waals surface area contributed by atoms with E-state index in [1.165, 1.54) is 10.4 Å². The Hall–Kier alpha value is -2.75. The minimum Gasteiger partial charge on any atom is -0.497 e. The van der Waals surface area contributed by atoms with Gasteiger partial charge in [0.25, 0.3) is 0 Å². The first kappa shape index (κ1) is 22.4. The summed E-state index contributed by atoms with van der Waals surface area (Å²) < 4.78 is 10.6. The fraction of sp³-hybridized carbons (Fsp3) is 0.435. The Morgan fingerprint density at radius 2 is 1.94 bits per heavy atom. The van der Waals surface area contributed by atoms with Crippen LogP contribution in [0.3, 0.4) is 0 Å². The number of hydrogen-bond acceptors (Lipinski definition) is 8. The molecule has 0 spiro atoms. The predicted octanol–water partition coefficient (Wildman–Crippen LogP) is 3.22. The largest absolute Gasteiger partial charge is 0.497 e. The maximum atomic E-state index is 12.7. The Morgan fingerprint density at radius 3 is 2.62 bits per heavy atom. The van der Waals surface area contributed by atoms with Gasteiger partial charge in [-0.15, -0.1) is 11.3 Å². The highest BCUT2D eigenvalue weighted by Crippen LogP contribution is 2.34. The average molecular weight is 456 g/mol. The summed E-state index contributed by atoms with van der Waals surface area (Å²) in [5.74, 6) is 2.21. The van der Waals surface area contributed by atoms with Gasteiger partial charge in [0.1, 0.15) is 22.2 Å².